The van der Waals surface area contributed by atoms with Gasteiger partial charge in [-0.25, -0.2) is 0 Å². The normalized spacial score (nSPS) is 25.2. The first-order valence-electron chi connectivity index (χ1n) is 6.52. The van der Waals surface area contributed by atoms with E-state index in [1.807, 2.05) is 6.07 Å². The molecule has 1 aliphatic carbocycles. The van der Waals surface area contributed by atoms with E-state index in [2.05, 4.69) is 24.4 Å². The van der Waals surface area contributed by atoms with Crippen LogP contribution in [0.5, 0.6) is 0 Å². The summed E-state index contributed by atoms with van der Waals surface area (Å²) in [6, 6.07) is 6.83. The molecule has 1 aromatic heterocycles. The van der Waals surface area contributed by atoms with E-state index in [1.54, 1.807) is 11.3 Å². The molecule has 1 fully saturated rings. The lowest BCUT2D eigenvalue weighted by molar-refractivity contribution is 0.357. The lowest BCUT2D eigenvalue weighted by Crippen LogP contribution is -2.33. The summed E-state index contributed by atoms with van der Waals surface area (Å²) in [6.07, 6.45) is 6.79. The second-order valence-corrected chi connectivity index (χ2v) is 6.15. The Morgan fingerprint density at radius 2 is 2.18 bits per heavy atom. The zero-order valence-electron chi connectivity index (χ0n) is 10.4. The van der Waals surface area contributed by atoms with Gasteiger partial charge in [0.2, 0.25) is 0 Å². The number of nitrogens with one attached hydrogen (secondary N) is 1. The van der Waals surface area contributed by atoms with Gasteiger partial charge in [-0.15, -0.1) is 11.3 Å². The van der Waals surface area contributed by atoms with Crippen LogP contribution in [0.2, 0.25) is 0 Å². The van der Waals surface area contributed by atoms with E-state index in [0.29, 0.717) is 6.04 Å². The average molecular weight is 248 g/mol. The first-order valence-corrected chi connectivity index (χ1v) is 7.33. The number of nitriles is 1. The van der Waals surface area contributed by atoms with E-state index in [9.17, 15) is 0 Å². The van der Waals surface area contributed by atoms with Gasteiger partial charge in [0, 0.05) is 17.5 Å². The molecule has 92 valence electrons. The van der Waals surface area contributed by atoms with Crippen molar-refractivity contribution in [3.63, 3.8) is 0 Å². The monoisotopic (exact) mass is 248 g/mol. The second kappa shape index (κ2) is 6.18. The lowest BCUT2D eigenvalue weighted by Gasteiger charge is -2.22. The van der Waals surface area contributed by atoms with E-state index in [0.717, 1.165) is 17.3 Å². The van der Waals surface area contributed by atoms with Crippen molar-refractivity contribution in [1.82, 2.24) is 5.32 Å². The molecule has 0 radical (unpaired) electrons. The molecular formula is C14H20N2S. The Kier molecular flexibility index (Phi) is 4.58. The van der Waals surface area contributed by atoms with Crippen molar-refractivity contribution in [1.29, 1.82) is 5.26 Å². The fourth-order valence-electron chi connectivity index (χ4n) is 2.56. The molecule has 0 aliphatic heterocycles. The zero-order valence-corrected chi connectivity index (χ0v) is 11.2. The first-order chi connectivity index (χ1) is 8.29. The third-order valence-corrected chi connectivity index (χ3v) is 4.66. The summed E-state index contributed by atoms with van der Waals surface area (Å²) in [5, 5.41) is 12.5. The average Bonchev–Trinajstić information content (AvgIpc) is 2.70. The Balaban J connectivity index is 1.86. The maximum atomic E-state index is 8.79. The number of hydrogen-bond donors (Lipinski definition) is 1. The molecule has 1 saturated carbocycles. The lowest BCUT2D eigenvalue weighted by atomic mass is 9.97. The number of rotatable bonds is 3. The summed E-state index contributed by atoms with van der Waals surface area (Å²) in [5.41, 5.74) is 0. The van der Waals surface area contributed by atoms with Gasteiger partial charge in [-0.05, 0) is 30.9 Å². The van der Waals surface area contributed by atoms with Crippen molar-refractivity contribution in [2.45, 2.75) is 51.6 Å². The second-order valence-electron chi connectivity index (χ2n) is 4.98. The predicted octanol–water partition coefficient (Wildman–Crippen LogP) is 3.68. The van der Waals surface area contributed by atoms with Crippen molar-refractivity contribution in [3.8, 4) is 6.07 Å². The summed E-state index contributed by atoms with van der Waals surface area (Å²) in [5.74, 6) is 0.785. The summed E-state index contributed by atoms with van der Waals surface area (Å²) in [7, 11) is 0. The number of nitrogens with zero attached hydrogens (tertiary/aromatic N) is 1. The molecule has 1 aromatic rings. The number of thiophene rings is 1. The minimum absolute atomic E-state index is 0.658. The predicted molar refractivity (Wildman–Crippen MR) is 71.9 cm³/mol. The summed E-state index contributed by atoms with van der Waals surface area (Å²) < 4.78 is 0. The molecule has 2 atom stereocenters. The van der Waals surface area contributed by atoms with Crippen LogP contribution < -0.4 is 5.32 Å². The maximum absolute atomic E-state index is 8.79. The van der Waals surface area contributed by atoms with Gasteiger partial charge < -0.3 is 5.32 Å². The van der Waals surface area contributed by atoms with Gasteiger partial charge in [0.15, 0.2) is 0 Å². The molecule has 3 heteroatoms. The molecule has 2 unspecified atom stereocenters. The summed E-state index contributed by atoms with van der Waals surface area (Å²) >= 11 is 1.60. The van der Waals surface area contributed by atoms with Crippen molar-refractivity contribution < 1.29 is 0 Å². The van der Waals surface area contributed by atoms with Gasteiger partial charge in [-0.1, -0.05) is 26.2 Å². The summed E-state index contributed by atoms with van der Waals surface area (Å²) in [4.78, 5) is 2.09. The topological polar surface area (TPSA) is 35.8 Å². The highest BCUT2D eigenvalue weighted by atomic mass is 32.1. The Morgan fingerprint density at radius 3 is 2.94 bits per heavy atom. The van der Waals surface area contributed by atoms with Crippen LogP contribution in [0.15, 0.2) is 12.1 Å². The van der Waals surface area contributed by atoms with Crippen LogP contribution in [-0.2, 0) is 6.54 Å². The minimum Gasteiger partial charge on any atom is -0.309 e. The van der Waals surface area contributed by atoms with Gasteiger partial charge in [-0.2, -0.15) is 5.26 Å². The van der Waals surface area contributed by atoms with E-state index in [1.165, 1.54) is 37.0 Å². The van der Waals surface area contributed by atoms with E-state index in [4.69, 9.17) is 5.26 Å². The number of hydrogen-bond acceptors (Lipinski definition) is 3. The third-order valence-electron chi connectivity index (χ3n) is 3.67. The molecule has 2 rings (SSSR count). The molecule has 2 nitrogen and oxygen atoms in total. The Labute approximate surface area is 108 Å². The Morgan fingerprint density at radius 1 is 1.35 bits per heavy atom. The third kappa shape index (κ3) is 3.55. The smallest absolute Gasteiger partial charge is 0.110 e. The molecule has 1 aliphatic rings. The molecular weight excluding hydrogens is 228 g/mol. The highest BCUT2D eigenvalue weighted by molar-refractivity contribution is 7.12. The van der Waals surface area contributed by atoms with Gasteiger partial charge >= 0.3 is 0 Å². The molecule has 1 heterocycles. The van der Waals surface area contributed by atoms with Crippen molar-refractivity contribution in [2.24, 2.45) is 5.92 Å². The maximum Gasteiger partial charge on any atom is 0.110 e. The largest absolute Gasteiger partial charge is 0.309 e. The van der Waals surface area contributed by atoms with E-state index in [-0.39, 0.29) is 0 Å². The quantitative estimate of drug-likeness (QED) is 0.828. The molecule has 0 bridgehead atoms. The van der Waals surface area contributed by atoms with Crippen molar-refractivity contribution in [2.75, 3.05) is 0 Å². The van der Waals surface area contributed by atoms with E-state index < -0.39 is 0 Å². The standard InChI is InChI=1S/C14H20N2S/c1-11-5-3-2-4-6-14(11)16-10-13-8-7-12(9-15)17-13/h7-8,11,14,16H,2-6,10H2,1H3. The molecule has 0 amide bonds. The summed E-state index contributed by atoms with van der Waals surface area (Å²) in [6.45, 7) is 3.28. The SMILES string of the molecule is CC1CCCCCC1NCc1ccc(C#N)s1. The van der Waals surface area contributed by atoms with Crippen LogP contribution in [-0.4, -0.2) is 6.04 Å². The highest BCUT2D eigenvalue weighted by Crippen LogP contribution is 2.24. The minimum atomic E-state index is 0.658. The van der Waals surface area contributed by atoms with Crippen LogP contribution in [0.1, 0.15) is 48.8 Å². The van der Waals surface area contributed by atoms with Crippen LogP contribution in [0.4, 0.5) is 0 Å². The van der Waals surface area contributed by atoms with Gasteiger partial charge in [0.1, 0.15) is 10.9 Å². The Bertz CT molecular complexity index is 391. The van der Waals surface area contributed by atoms with Crippen LogP contribution in [0.25, 0.3) is 0 Å². The van der Waals surface area contributed by atoms with Gasteiger partial charge in [-0.3, -0.25) is 0 Å². The zero-order chi connectivity index (χ0) is 12.1. The van der Waals surface area contributed by atoms with Crippen molar-refractivity contribution in [3.05, 3.63) is 21.9 Å². The Hall–Kier alpha value is -0.850. The van der Waals surface area contributed by atoms with Gasteiger partial charge in [0.25, 0.3) is 0 Å². The molecule has 0 aromatic carbocycles. The van der Waals surface area contributed by atoms with Gasteiger partial charge in [0.05, 0.1) is 0 Å². The molecule has 1 N–H and O–H groups in total. The first kappa shape index (κ1) is 12.6. The fraction of sp³-hybridized carbons (Fsp3) is 0.643. The molecule has 0 spiro atoms. The molecule has 0 saturated heterocycles. The van der Waals surface area contributed by atoms with Crippen LogP contribution in [0.3, 0.4) is 0 Å². The molecule has 17 heavy (non-hydrogen) atoms. The highest BCUT2D eigenvalue weighted by Gasteiger charge is 2.19. The van der Waals surface area contributed by atoms with E-state index >= 15 is 0 Å². The fourth-order valence-corrected chi connectivity index (χ4v) is 3.32. The van der Waals surface area contributed by atoms with Crippen LogP contribution >= 0.6 is 11.3 Å². The van der Waals surface area contributed by atoms with Crippen molar-refractivity contribution >= 4 is 11.3 Å². The van der Waals surface area contributed by atoms with Crippen LogP contribution in [0, 0.1) is 17.2 Å².